The predicted molar refractivity (Wildman–Crippen MR) is 75.5 cm³/mol. The number of benzene rings is 1. The number of sulfonamides is 1. The average Bonchev–Trinajstić information content (AvgIpc) is 2.42. The largest absolute Gasteiger partial charge is 0.314 e. The summed E-state index contributed by atoms with van der Waals surface area (Å²) < 4.78 is 26.7. The van der Waals surface area contributed by atoms with Crippen LogP contribution in [0.2, 0.25) is 0 Å². The van der Waals surface area contributed by atoms with Crippen LogP contribution in [0.15, 0.2) is 35.2 Å². The molecule has 1 aliphatic heterocycles. The summed E-state index contributed by atoms with van der Waals surface area (Å²) in [4.78, 5) is 2.62. The fraction of sp³-hybridized carbons (Fsp3) is 0.538. The van der Waals surface area contributed by atoms with Crippen LogP contribution in [0.1, 0.15) is 6.92 Å². The van der Waals surface area contributed by atoms with Crippen molar-refractivity contribution in [1.29, 1.82) is 0 Å². The summed E-state index contributed by atoms with van der Waals surface area (Å²) in [5.74, 6) is 0. The topological polar surface area (TPSA) is 61.4 Å². The maximum absolute atomic E-state index is 12.0. The number of nitrogens with one attached hydrogen (secondary N) is 2. The first kappa shape index (κ1) is 14.5. The lowest BCUT2D eigenvalue weighted by atomic mass is 10.2. The van der Waals surface area contributed by atoms with Gasteiger partial charge in [-0.15, -0.1) is 0 Å². The van der Waals surface area contributed by atoms with Gasteiger partial charge in [-0.1, -0.05) is 18.2 Å². The molecule has 19 heavy (non-hydrogen) atoms. The zero-order valence-electron chi connectivity index (χ0n) is 11.2. The quantitative estimate of drug-likeness (QED) is 0.814. The summed E-state index contributed by atoms with van der Waals surface area (Å²) in [6.07, 6.45) is 0. The lowest BCUT2D eigenvalue weighted by Crippen LogP contribution is -2.51. The second-order valence-electron chi connectivity index (χ2n) is 4.80. The van der Waals surface area contributed by atoms with Crippen molar-refractivity contribution in [2.75, 3.05) is 32.7 Å². The predicted octanol–water partition coefficient (Wildman–Crippen LogP) is 0.259. The highest BCUT2D eigenvalue weighted by molar-refractivity contribution is 7.89. The molecule has 0 saturated carbocycles. The summed E-state index contributed by atoms with van der Waals surface area (Å²) in [7, 11) is -3.37. The van der Waals surface area contributed by atoms with Gasteiger partial charge >= 0.3 is 0 Å². The van der Waals surface area contributed by atoms with Gasteiger partial charge in [-0.3, -0.25) is 4.90 Å². The normalized spacial score (nSPS) is 21.4. The van der Waals surface area contributed by atoms with Gasteiger partial charge in [0.05, 0.1) is 4.90 Å². The van der Waals surface area contributed by atoms with E-state index in [4.69, 9.17) is 0 Å². The van der Waals surface area contributed by atoms with Crippen LogP contribution in [0.5, 0.6) is 0 Å². The summed E-state index contributed by atoms with van der Waals surface area (Å²) in [6.45, 7) is 6.24. The monoisotopic (exact) mass is 283 g/mol. The molecule has 1 aromatic rings. The van der Waals surface area contributed by atoms with E-state index in [1.807, 2.05) is 0 Å². The molecule has 0 unspecified atom stereocenters. The molecule has 1 heterocycles. The minimum Gasteiger partial charge on any atom is -0.314 e. The SMILES string of the molecule is C[C@H]1CNCCN1CCNS(=O)(=O)c1ccccc1. The van der Waals surface area contributed by atoms with E-state index in [-0.39, 0.29) is 0 Å². The maximum Gasteiger partial charge on any atom is 0.240 e. The molecule has 1 atom stereocenters. The van der Waals surface area contributed by atoms with Crippen molar-refractivity contribution in [3.05, 3.63) is 30.3 Å². The van der Waals surface area contributed by atoms with Crippen LogP contribution < -0.4 is 10.0 Å². The zero-order chi connectivity index (χ0) is 13.7. The molecule has 1 aliphatic rings. The molecule has 106 valence electrons. The van der Waals surface area contributed by atoms with E-state index in [0.717, 1.165) is 26.2 Å². The van der Waals surface area contributed by atoms with E-state index >= 15 is 0 Å². The average molecular weight is 283 g/mol. The van der Waals surface area contributed by atoms with E-state index in [9.17, 15) is 8.42 Å². The van der Waals surface area contributed by atoms with Crippen molar-refractivity contribution in [1.82, 2.24) is 14.9 Å². The van der Waals surface area contributed by atoms with Gasteiger partial charge in [0.15, 0.2) is 0 Å². The lowest BCUT2D eigenvalue weighted by Gasteiger charge is -2.33. The van der Waals surface area contributed by atoms with E-state index in [0.29, 0.717) is 17.5 Å². The van der Waals surface area contributed by atoms with Gasteiger partial charge < -0.3 is 5.32 Å². The molecule has 0 spiro atoms. The van der Waals surface area contributed by atoms with Crippen molar-refractivity contribution in [2.45, 2.75) is 17.9 Å². The van der Waals surface area contributed by atoms with E-state index in [2.05, 4.69) is 21.9 Å². The third-order valence-electron chi connectivity index (χ3n) is 3.38. The summed E-state index contributed by atoms with van der Waals surface area (Å²) >= 11 is 0. The Balaban J connectivity index is 1.85. The summed E-state index contributed by atoms with van der Waals surface area (Å²) in [5, 5.41) is 3.32. The number of rotatable bonds is 5. The van der Waals surface area contributed by atoms with Crippen LogP contribution in [0.3, 0.4) is 0 Å². The van der Waals surface area contributed by atoms with Gasteiger partial charge in [0.2, 0.25) is 10.0 Å². The molecule has 5 nitrogen and oxygen atoms in total. The first-order valence-corrected chi connectivity index (χ1v) is 8.07. The fourth-order valence-corrected chi connectivity index (χ4v) is 3.26. The van der Waals surface area contributed by atoms with Crippen LogP contribution in [-0.2, 0) is 10.0 Å². The first-order valence-electron chi connectivity index (χ1n) is 6.59. The Morgan fingerprint density at radius 1 is 1.37 bits per heavy atom. The Kier molecular flexibility index (Phi) is 4.93. The highest BCUT2D eigenvalue weighted by Gasteiger charge is 2.18. The minimum atomic E-state index is -3.37. The lowest BCUT2D eigenvalue weighted by molar-refractivity contribution is 0.177. The Bertz CT molecular complexity index is 490. The second-order valence-corrected chi connectivity index (χ2v) is 6.57. The maximum atomic E-state index is 12.0. The highest BCUT2D eigenvalue weighted by atomic mass is 32.2. The van der Waals surface area contributed by atoms with E-state index in [1.54, 1.807) is 30.3 Å². The van der Waals surface area contributed by atoms with Crippen LogP contribution in [0, 0.1) is 0 Å². The van der Waals surface area contributed by atoms with E-state index in [1.165, 1.54) is 0 Å². The van der Waals surface area contributed by atoms with Gasteiger partial charge in [0, 0.05) is 38.8 Å². The van der Waals surface area contributed by atoms with Crippen LogP contribution in [-0.4, -0.2) is 52.1 Å². The Labute approximate surface area is 115 Å². The van der Waals surface area contributed by atoms with Crippen molar-refractivity contribution < 1.29 is 8.42 Å². The summed E-state index contributed by atoms with van der Waals surface area (Å²) in [5.41, 5.74) is 0. The minimum absolute atomic E-state index is 0.323. The van der Waals surface area contributed by atoms with Crippen molar-refractivity contribution in [3.63, 3.8) is 0 Å². The van der Waals surface area contributed by atoms with Crippen molar-refractivity contribution in [3.8, 4) is 0 Å². The molecule has 2 N–H and O–H groups in total. The third-order valence-corrected chi connectivity index (χ3v) is 4.86. The number of piperazine rings is 1. The number of nitrogens with zero attached hydrogens (tertiary/aromatic N) is 1. The Morgan fingerprint density at radius 3 is 2.79 bits per heavy atom. The first-order chi connectivity index (χ1) is 9.09. The molecular formula is C13H21N3O2S. The van der Waals surface area contributed by atoms with Gasteiger partial charge in [-0.25, -0.2) is 13.1 Å². The van der Waals surface area contributed by atoms with Crippen LogP contribution in [0.4, 0.5) is 0 Å². The summed E-state index contributed by atoms with van der Waals surface area (Å²) in [6, 6.07) is 8.93. The smallest absolute Gasteiger partial charge is 0.240 e. The Morgan fingerprint density at radius 2 is 2.11 bits per heavy atom. The molecule has 0 radical (unpaired) electrons. The molecule has 0 aliphatic carbocycles. The molecule has 6 heteroatoms. The van der Waals surface area contributed by atoms with Crippen molar-refractivity contribution in [2.24, 2.45) is 0 Å². The van der Waals surface area contributed by atoms with Gasteiger partial charge in [0.1, 0.15) is 0 Å². The fourth-order valence-electron chi connectivity index (χ4n) is 2.22. The Hall–Kier alpha value is -0.950. The molecule has 0 bridgehead atoms. The molecule has 0 aromatic heterocycles. The number of hydrogen-bond donors (Lipinski definition) is 2. The second kappa shape index (κ2) is 6.47. The molecule has 1 aromatic carbocycles. The highest BCUT2D eigenvalue weighted by Crippen LogP contribution is 2.07. The molecule has 0 amide bonds. The molecule has 1 saturated heterocycles. The van der Waals surface area contributed by atoms with Crippen molar-refractivity contribution >= 4 is 10.0 Å². The van der Waals surface area contributed by atoms with Gasteiger partial charge in [-0.05, 0) is 19.1 Å². The third kappa shape index (κ3) is 4.01. The molecule has 1 fully saturated rings. The zero-order valence-corrected chi connectivity index (χ0v) is 12.0. The van der Waals surface area contributed by atoms with Crippen LogP contribution >= 0.6 is 0 Å². The van der Waals surface area contributed by atoms with Gasteiger partial charge in [0.25, 0.3) is 0 Å². The van der Waals surface area contributed by atoms with Gasteiger partial charge in [-0.2, -0.15) is 0 Å². The van der Waals surface area contributed by atoms with Crippen LogP contribution in [0.25, 0.3) is 0 Å². The molecule has 2 rings (SSSR count). The van der Waals surface area contributed by atoms with E-state index < -0.39 is 10.0 Å². The number of hydrogen-bond acceptors (Lipinski definition) is 4. The molecular weight excluding hydrogens is 262 g/mol. The standard InChI is InChI=1S/C13H21N3O2S/c1-12-11-14-7-9-16(12)10-8-15-19(17,18)13-5-3-2-4-6-13/h2-6,12,14-15H,7-11H2,1H3/t12-/m0/s1.